The summed E-state index contributed by atoms with van der Waals surface area (Å²) in [7, 11) is 0. The quantitative estimate of drug-likeness (QED) is 0.810. The van der Waals surface area contributed by atoms with E-state index in [0.717, 1.165) is 0 Å². The molecule has 0 aromatic rings. The summed E-state index contributed by atoms with van der Waals surface area (Å²) in [5.74, 6) is 0. The van der Waals surface area contributed by atoms with E-state index in [0.29, 0.717) is 13.1 Å². The molecule has 0 aliphatic carbocycles. The number of ether oxygens (including phenoxy) is 1. The first-order valence-corrected chi connectivity index (χ1v) is 5.51. The van der Waals surface area contributed by atoms with Crippen LogP contribution < -0.4 is 5.73 Å². The fraction of sp³-hybridized carbons (Fsp3) is 1.00. The fourth-order valence-electron chi connectivity index (χ4n) is 2.18. The smallest absolute Gasteiger partial charge is 0.373 e. The van der Waals surface area contributed by atoms with Gasteiger partial charge in [-0.2, -0.15) is 13.2 Å². The van der Waals surface area contributed by atoms with Gasteiger partial charge in [-0.3, -0.25) is 4.90 Å². The van der Waals surface area contributed by atoms with Crippen molar-refractivity contribution in [3.63, 3.8) is 0 Å². The monoisotopic (exact) mass is 240 g/mol. The molecule has 1 unspecified atom stereocenters. The van der Waals surface area contributed by atoms with Crippen LogP contribution in [-0.2, 0) is 4.74 Å². The number of nitrogens with zero attached hydrogens (tertiary/aromatic N) is 1. The lowest BCUT2D eigenvalue weighted by Crippen LogP contribution is -2.55. The first kappa shape index (κ1) is 13.7. The third-order valence-electron chi connectivity index (χ3n) is 2.71. The molecule has 1 rings (SSSR count). The number of halogens is 3. The van der Waals surface area contributed by atoms with Gasteiger partial charge in [-0.05, 0) is 26.8 Å². The lowest BCUT2D eigenvalue weighted by molar-refractivity contribution is -0.203. The fourth-order valence-corrected chi connectivity index (χ4v) is 2.18. The highest BCUT2D eigenvalue weighted by Crippen LogP contribution is 2.29. The Morgan fingerprint density at radius 1 is 1.31 bits per heavy atom. The summed E-state index contributed by atoms with van der Waals surface area (Å²) in [4.78, 5) is 1.44. The average molecular weight is 240 g/mol. The summed E-state index contributed by atoms with van der Waals surface area (Å²) in [6.07, 6.45) is -4.59. The molecule has 6 heteroatoms. The van der Waals surface area contributed by atoms with Gasteiger partial charge in [0.15, 0.2) is 0 Å². The molecule has 0 saturated carbocycles. The second kappa shape index (κ2) is 5.33. The van der Waals surface area contributed by atoms with Crippen molar-refractivity contribution in [2.45, 2.75) is 44.7 Å². The lowest BCUT2D eigenvalue weighted by atomic mass is 10.1. The highest BCUT2D eigenvalue weighted by Gasteiger charge is 2.44. The van der Waals surface area contributed by atoms with Crippen LogP contribution in [0.3, 0.4) is 0 Å². The molecule has 1 heterocycles. The predicted octanol–water partition coefficient (Wildman–Crippen LogP) is 1.38. The molecule has 1 saturated heterocycles. The Hall–Kier alpha value is -0.330. The Bertz CT molecular complexity index is 213. The van der Waals surface area contributed by atoms with Crippen molar-refractivity contribution in [1.29, 1.82) is 0 Å². The van der Waals surface area contributed by atoms with Crippen LogP contribution in [0.4, 0.5) is 13.2 Å². The van der Waals surface area contributed by atoms with E-state index in [9.17, 15) is 13.2 Å². The number of hydrogen-bond acceptors (Lipinski definition) is 3. The number of alkyl halides is 3. The van der Waals surface area contributed by atoms with E-state index in [1.807, 2.05) is 0 Å². The van der Waals surface area contributed by atoms with Crippen molar-refractivity contribution in [3.05, 3.63) is 0 Å². The van der Waals surface area contributed by atoms with E-state index in [-0.39, 0.29) is 25.2 Å². The van der Waals surface area contributed by atoms with Gasteiger partial charge >= 0.3 is 6.18 Å². The SMILES string of the molecule is C[C@@H]1CN(C(CCN)C(F)(F)F)C[C@H](C)O1. The zero-order valence-electron chi connectivity index (χ0n) is 9.63. The number of nitrogens with two attached hydrogens (primary N) is 1. The third-order valence-corrected chi connectivity index (χ3v) is 2.71. The van der Waals surface area contributed by atoms with Crippen LogP contribution in [0.15, 0.2) is 0 Å². The molecule has 1 fully saturated rings. The Labute approximate surface area is 93.7 Å². The number of hydrogen-bond donors (Lipinski definition) is 1. The van der Waals surface area contributed by atoms with Crippen molar-refractivity contribution >= 4 is 0 Å². The van der Waals surface area contributed by atoms with Gasteiger partial charge in [0.25, 0.3) is 0 Å². The molecule has 1 aliphatic rings. The summed E-state index contributed by atoms with van der Waals surface area (Å²) in [6.45, 7) is 4.25. The van der Waals surface area contributed by atoms with Gasteiger partial charge in [0.2, 0.25) is 0 Å². The van der Waals surface area contributed by atoms with E-state index in [1.54, 1.807) is 13.8 Å². The molecule has 3 atom stereocenters. The molecular formula is C10H19F3N2O. The summed E-state index contributed by atoms with van der Waals surface area (Å²) >= 11 is 0. The van der Waals surface area contributed by atoms with Crippen LogP contribution in [0.25, 0.3) is 0 Å². The zero-order chi connectivity index (χ0) is 12.3. The maximum absolute atomic E-state index is 12.8. The molecule has 96 valence electrons. The van der Waals surface area contributed by atoms with E-state index in [2.05, 4.69) is 0 Å². The van der Waals surface area contributed by atoms with Gasteiger partial charge in [0, 0.05) is 13.1 Å². The van der Waals surface area contributed by atoms with Crippen LogP contribution in [0.1, 0.15) is 20.3 Å². The van der Waals surface area contributed by atoms with Gasteiger partial charge < -0.3 is 10.5 Å². The van der Waals surface area contributed by atoms with E-state index in [1.165, 1.54) is 4.90 Å². The van der Waals surface area contributed by atoms with Gasteiger partial charge in [-0.1, -0.05) is 0 Å². The third kappa shape index (κ3) is 3.61. The molecule has 0 aromatic heterocycles. The van der Waals surface area contributed by atoms with E-state index >= 15 is 0 Å². The minimum Gasteiger partial charge on any atom is -0.373 e. The molecule has 0 radical (unpaired) electrons. The molecule has 0 bridgehead atoms. The topological polar surface area (TPSA) is 38.5 Å². The first-order chi connectivity index (χ1) is 7.34. The minimum atomic E-state index is -4.21. The lowest BCUT2D eigenvalue weighted by Gasteiger charge is -2.40. The molecular weight excluding hydrogens is 221 g/mol. The van der Waals surface area contributed by atoms with Gasteiger partial charge in [-0.15, -0.1) is 0 Å². The minimum absolute atomic E-state index is 0.0459. The second-order valence-electron chi connectivity index (χ2n) is 4.35. The molecule has 0 aromatic carbocycles. The van der Waals surface area contributed by atoms with E-state index in [4.69, 9.17) is 10.5 Å². The van der Waals surface area contributed by atoms with Crippen molar-refractivity contribution < 1.29 is 17.9 Å². The van der Waals surface area contributed by atoms with Crippen molar-refractivity contribution in [3.8, 4) is 0 Å². The zero-order valence-corrected chi connectivity index (χ0v) is 9.63. The Kier molecular flexibility index (Phi) is 4.58. The summed E-state index contributed by atoms with van der Waals surface area (Å²) in [5.41, 5.74) is 5.24. The summed E-state index contributed by atoms with van der Waals surface area (Å²) < 4.78 is 43.8. The normalized spacial score (nSPS) is 30.4. The maximum Gasteiger partial charge on any atom is 0.404 e. The van der Waals surface area contributed by atoms with Crippen LogP contribution >= 0.6 is 0 Å². The van der Waals surface area contributed by atoms with E-state index < -0.39 is 12.2 Å². The van der Waals surface area contributed by atoms with Gasteiger partial charge in [0.05, 0.1) is 12.2 Å². The highest BCUT2D eigenvalue weighted by atomic mass is 19.4. The van der Waals surface area contributed by atoms with Gasteiger partial charge in [0.1, 0.15) is 6.04 Å². The van der Waals surface area contributed by atoms with Crippen molar-refractivity contribution in [2.24, 2.45) is 5.73 Å². The number of morpholine rings is 1. The predicted molar refractivity (Wildman–Crippen MR) is 55.1 cm³/mol. The first-order valence-electron chi connectivity index (χ1n) is 5.51. The largest absolute Gasteiger partial charge is 0.404 e. The highest BCUT2D eigenvalue weighted by molar-refractivity contribution is 4.84. The van der Waals surface area contributed by atoms with Crippen LogP contribution in [0, 0.1) is 0 Å². The van der Waals surface area contributed by atoms with Crippen LogP contribution in [-0.4, -0.2) is 49.0 Å². The number of rotatable bonds is 3. The summed E-state index contributed by atoms with van der Waals surface area (Å²) in [5, 5.41) is 0. The molecule has 1 aliphatic heterocycles. The van der Waals surface area contributed by atoms with Gasteiger partial charge in [-0.25, -0.2) is 0 Å². The van der Waals surface area contributed by atoms with Crippen molar-refractivity contribution in [1.82, 2.24) is 4.90 Å². The molecule has 16 heavy (non-hydrogen) atoms. The molecule has 0 amide bonds. The molecule has 0 spiro atoms. The van der Waals surface area contributed by atoms with Crippen LogP contribution in [0.2, 0.25) is 0 Å². The Morgan fingerprint density at radius 2 is 1.81 bits per heavy atom. The molecule has 3 nitrogen and oxygen atoms in total. The maximum atomic E-state index is 12.8. The average Bonchev–Trinajstić information content (AvgIpc) is 2.10. The van der Waals surface area contributed by atoms with Crippen LogP contribution in [0.5, 0.6) is 0 Å². The summed E-state index contributed by atoms with van der Waals surface area (Å²) in [6, 6.07) is -1.44. The molecule has 2 N–H and O–H groups in total. The van der Waals surface area contributed by atoms with Crippen molar-refractivity contribution in [2.75, 3.05) is 19.6 Å². The second-order valence-corrected chi connectivity index (χ2v) is 4.35. The Balaban J connectivity index is 2.70. The Morgan fingerprint density at radius 3 is 2.19 bits per heavy atom. The standard InChI is InChI=1S/C10H19F3N2O/c1-7-5-15(6-8(2)16-7)9(3-4-14)10(11,12)13/h7-9H,3-6,14H2,1-2H3/t7-,8+,9?.